The fourth-order valence-electron chi connectivity index (χ4n) is 1.91. The summed E-state index contributed by atoms with van der Waals surface area (Å²) in [6, 6.07) is 3.49. The predicted molar refractivity (Wildman–Crippen MR) is 68.9 cm³/mol. The van der Waals surface area contributed by atoms with Crippen LogP contribution < -0.4 is 4.90 Å². The molecule has 7 heteroatoms. The number of anilines is 1. The summed E-state index contributed by atoms with van der Waals surface area (Å²) in [5.41, 5.74) is 0.936. The summed E-state index contributed by atoms with van der Waals surface area (Å²) in [5.74, 6) is 0.439. The lowest BCUT2D eigenvalue weighted by Gasteiger charge is -2.33. The van der Waals surface area contributed by atoms with Gasteiger partial charge in [-0.2, -0.15) is 9.61 Å². The van der Waals surface area contributed by atoms with Crippen molar-refractivity contribution in [3.05, 3.63) is 22.4 Å². The van der Waals surface area contributed by atoms with Crippen LogP contribution in [0.1, 0.15) is 16.9 Å². The van der Waals surface area contributed by atoms with E-state index >= 15 is 0 Å². The molecule has 0 bridgehead atoms. The maximum absolute atomic E-state index is 11.6. The fourth-order valence-corrected chi connectivity index (χ4v) is 2.27. The molecule has 2 aromatic rings. The zero-order valence-corrected chi connectivity index (χ0v) is 11.3. The standard InChI is InChI=1S/C11H11BrN4O2/c1-18-11(17)7-5-10(15-3-2-4-15)16-9(13-7)6-8(12)14-16/h5-6H,2-4H2,1H3. The number of rotatable bonds is 2. The maximum Gasteiger partial charge on any atom is 0.356 e. The third kappa shape index (κ3) is 1.74. The van der Waals surface area contributed by atoms with Gasteiger partial charge in [-0.1, -0.05) is 0 Å². The van der Waals surface area contributed by atoms with E-state index < -0.39 is 5.97 Å². The van der Waals surface area contributed by atoms with E-state index in [1.165, 1.54) is 7.11 Å². The first-order chi connectivity index (χ1) is 8.69. The highest BCUT2D eigenvalue weighted by molar-refractivity contribution is 9.10. The summed E-state index contributed by atoms with van der Waals surface area (Å²) >= 11 is 3.32. The van der Waals surface area contributed by atoms with Crippen molar-refractivity contribution in [2.24, 2.45) is 0 Å². The quantitative estimate of drug-likeness (QED) is 0.787. The van der Waals surface area contributed by atoms with E-state index in [0.29, 0.717) is 15.9 Å². The van der Waals surface area contributed by atoms with E-state index in [0.717, 1.165) is 25.3 Å². The Labute approximate surface area is 112 Å². The van der Waals surface area contributed by atoms with Gasteiger partial charge in [0.1, 0.15) is 10.4 Å². The summed E-state index contributed by atoms with van der Waals surface area (Å²) in [5, 5.41) is 4.32. The summed E-state index contributed by atoms with van der Waals surface area (Å²) in [7, 11) is 1.35. The molecule has 1 saturated heterocycles. The molecule has 0 radical (unpaired) electrons. The molecule has 0 N–H and O–H groups in total. The van der Waals surface area contributed by atoms with Crippen LogP contribution in [-0.4, -0.2) is 40.8 Å². The van der Waals surface area contributed by atoms with Gasteiger partial charge >= 0.3 is 5.97 Å². The minimum absolute atomic E-state index is 0.305. The topological polar surface area (TPSA) is 59.7 Å². The number of halogens is 1. The maximum atomic E-state index is 11.6. The van der Waals surface area contributed by atoms with Crippen LogP contribution in [0.15, 0.2) is 16.7 Å². The average Bonchev–Trinajstić information content (AvgIpc) is 2.66. The highest BCUT2D eigenvalue weighted by atomic mass is 79.9. The predicted octanol–water partition coefficient (Wildman–Crippen LogP) is 1.49. The number of ether oxygens (including phenoxy) is 1. The number of hydrogen-bond donors (Lipinski definition) is 0. The molecule has 94 valence electrons. The Morgan fingerprint density at radius 3 is 2.83 bits per heavy atom. The molecule has 6 nitrogen and oxygen atoms in total. The van der Waals surface area contributed by atoms with E-state index in [2.05, 4.69) is 30.9 Å². The zero-order valence-electron chi connectivity index (χ0n) is 9.76. The van der Waals surface area contributed by atoms with Crippen molar-refractivity contribution >= 4 is 33.4 Å². The van der Waals surface area contributed by atoms with Gasteiger partial charge < -0.3 is 9.64 Å². The molecule has 0 atom stereocenters. The van der Waals surface area contributed by atoms with Gasteiger partial charge in [-0.3, -0.25) is 0 Å². The third-order valence-electron chi connectivity index (χ3n) is 2.95. The molecule has 0 aliphatic carbocycles. The number of nitrogens with zero attached hydrogens (tertiary/aromatic N) is 4. The van der Waals surface area contributed by atoms with Crippen molar-refractivity contribution in [3.8, 4) is 0 Å². The molecule has 3 heterocycles. The molecule has 0 spiro atoms. The molecular weight excluding hydrogens is 300 g/mol. The van der Waals surface area contributed by atoms with Crippen molar-refractivity contribution in [2.45, 2.75) is 6.42 Å². The van der Waals surface area contributed by atoms with Crippen LogP contribution in [0.3, 0.4) is 0 Å². The first-order valence-electron chi connectivity index (χ1n) is 5.58. The number of hydrogen-bond acceptors (Lipinski definition) is 5. The first-order valence-corrected chi connectivity index (χ1v) is 6.38. The molecule has 2 aromatic heterocycles. The highest BCUT2D eigenvalue weighted by Gasteiger charge is 2.21. The number of carbonyl (C=O) groups is 1. The van der Waals surface area contributed by atoms with Crippen LogP contribution in [0.25, 0.3) is 5.65 Å². The van der Waals surface area contributed by atoms with Gasteiger partial charge in [-0.05, 0) is 22.4 Å². The van der Waals surface area contributed by atoms with E-state index in [1.54, 1.807) is 16.6 Å². The van der Waals surface area contributed by atoms with E-state index in [-0.39, 0.29) is 0 Å². The Morgan fingerprint density at radius 2 is 2.22 bits per heavy atom. The van der Waals surface area contributed by atoms with Crippen LogP contribution in [0.5, 0.6) is 0 Å². The lowest BCUT2D eigenvalue weighted by molar-refractivity contribution is 0.0594. The van der Waals surface area contributed by atoms with Gasteiger partial charge in [0.15, 0.2) is 11.3 Å². The van der Waals surface area contributed by atoms with Gasteiger partial charge in [0.05, 0.1) is 7.11 Å². The second-order valence-corrected chi connectivity index (χ2v) is 4.88. The normalized spacial score (nSPS) is 14.7. The van der Waals surface area contributed by atoms with Gasteiger partial charge in [-0.25, -0.2) is 9.78 Å². The SMILES string of the molecule is COC(=O)c1cc(N2CCC2)n2nc(Br)cc2n1. The monoisotopic (exact) mass is 310 g/mol. The number of esters is 1. The van der Waals surface area contributed by atoms with Crippen molar-refractivity contribution < 1.29 is 9.53 Å². The summed E-state index contributed by atoms with van der Waals surface area (Å²) in [6.45, 7) is 1.94. The number of methoxy groups -OCH3 is 1. The molecule has 0 amide bonds. The average molecular weight is 311 g/mol. The number of carbonyl (C=O) groups excluding carboxylic acids is 1. The molecule has 1 aliphatic heterocycles. The summed E-state index contributed by atoms with van der Waals surface area (Å²) < 4.78 is 7.14. The van der Waals surface area contributed by atoms with Gasteiger partial charge in [-0.15, -0.1) is 0 Å². The highest BCUT2D eigenvalue weighted by Crippen LogP contribution is 2.24. The second-order valence-electron chi connectivity index (χ2n) is 4.07. The van der Waals surface area contributed by atoms with E-state index in [9.17, 15) is 4.79 Å². The van der Waals surface area contributed by atoms with Gasteiger partial charge in [0, 0.05) is 25.2 Å². The fraction of sp³-hybridized carbons (Fsp3) is 0.364. The van der Waals surface area contributed by atoms with Crippen molar-refractivity contribution in [3.63, 3.8) is 0 Å². The summed E-state index contributed by atoms with van der Waals surface area (Å²) in [6.07, 6.45) is 1.15. The molecular formula is C11H11BrN4O2. The lowest BCUT2D eigenvalue weighted by atomic mass is 10.2. The minimum Gasteiger partial charge on any atom is -0.464 e. The van der Waals surface area contributed by atoms with Crippen molar-refractivity contribution in [1.29, 1.82) is 0 Å². The van der Waals surface area contributed by atoms with Gasteiger partial charge in [0.2, 0.25) is 0 Å². The Bertz CT molecular complexity index is 621. The van der Waals surface area contributed by atoms with Crippen LogP contribution in [-0.2, 0) is 4.74 Å². The number of aromatic nitrogens is 3. The van der Waals surface area contributed by atoms with Crippen molar-refractivity contribution in [2.75, 3.05) is 25.1 Å². The third-order valence-corrected chi connectivity index (χ3v) is 3.34. The number of fused-ring (bicyclic) bond motifs is 1. The Kier molecular flexibility index (Phi) is 2.70. The Hall–Kier alpha value is -1.63. The molecule has 0 aromatic carbocycles. The van der Waals surface area contributed by atoms with Crippen molar-refractivity contribution in [1.82, 2.24) is 14.6 Å². The zero-order chi connectivity index (χ0) is 12.7. The first kappa shape index (κ1) is 11.5. The largest absolute Gasteiger partial charge is 0.464 e. The van der Waals surface area contributed by atoms with Crippen LogP contribution >= 0.6 is 15.9 Å². The van der Waals surface area contributed by atoms with Gasteiger partial charge in [0.25, 0.3) is 0 Å². The second kappa shape index (κ2) is 4.24. The molecule has 0 unspecified atom stereocenters. The molecule has 1 fully saturated rings. The molecule has 1 aliphatic rings. The Morgan fingerprint density at radius 1 is 1.44 bits per heavy atom. The smallest absolute Gasteiger partial charge is 0.356 e. The lowest BCUT2D eigenvalue weighted by Crippen LogP contribution is -2.38. The summed E-state index contributed by atoms with van der Waals surface area (Å²) in [4.78, 5) is 18.0. The van der Waals surface area contributed by atoms with Crippen LogP contribution in [0, 0.1) is 0 Å². The van der Waals surface area contributed by atoms with E-state index in [4.69, 9.17) is 4.74 Å². The Balaban J connectivity index is 2.19. The molecule has 3 rings (SSSR count). The molecule has 0 saturated carbocycles. The van der Waals surface area contributed by atoms with Crippen LogP contribution in [0.4, 0.5) is 5.82 Å². The molecule has 18 heavy (non-hydrogen) atoms. The minimum atomic E-state index is -0.434. The van der Waals surface area contributed by atoms with Crippen LogP contribution in [0.2, 0.25) is 0 Å². The van der Waals surface area contributed by atoms with E-state index in [1.807, 2.05) is 0 Å².